The van der Waals surface area contributed by atoms with Crippen molar-refractivity contribution in [2.45, 2.75) is 18.0 Å². The van der Waals surface area contributed by atoms with Crippen LogP contribution in [-0.4, -0.2) is 17.5 Å². The van der Waals surface area contributed by atoms with Gasteiger partial charge in [-0.2, -0.15) is 4.79 Å². The minimum absolute atomic E-state index is 0.824. The number of nitrogens with zero attached hydrogens (tertiary/aromatic N) is 2. The van der Waals surface area contributed by atoms with Crippen molar-refractivity contribution in [2.24, 2.45) is 0 Å². The van der Waals surface area contributed by atoms with Crippen molar-refractivity contribution in [1.29, 1.82) is 0 Å². The first kappa shape index (κ1) is 13.8. The summed E-state index contributed by atoms with van der Waals surface area (Å²) in [6.07, 6.45) is 0. The molecule has 0 radical (unpaired) electrons. The van der Waals surface area contributed by atoms with Crippen molar-refractivity contribution in [3.63, 3.8) is 0 Å². The third-order valence-electron chi connectivity index (χ3n) is 3.08. The molecule has 0 N–H and O–H groups in total. The van der Waals surface area contributed by atoms with E-state index >= 15 is 0 Å². The van der Waals surface area contributed by atoms with Gasteiger partial charge in [-0.1, -0.05) is 61.6 Å². The summed E-state index contributed by atoms with van der Waals surface area (Å²) in [6.45, 7) is 4.40. The van der Waals surface area contributed by atoms with Crippen LogP contribution in [0.25, 0.3) is 5.53 Å². The molecule has 0 heterocycles. The zero-order valence-corrected chi connectivity index (χ0v) is 12.9. The first-order valence-electron chi connectivity index (χ1n) is 6.15. The van der Waals surface area contributed by atoms with Crippen LogP contribution in [0.15, 0.2) is 65.6 Å². The fraction of sp³-hybridized carbons (Fsp3) is 0.133. The number of hydrogen-bond acceptors (Lipinski definition) is 1. The molecule has 0 atom stereocenters. The highest BCUT2D eigenvalue weighted by Crippen LogP contribution is 2.23. The Morgan fingerprint density at radius 1 is 0.947 bits per heavy atom. The maximum Gasteiger partial charge on any atom is 0.300 e. The van der Waals surface area contributed by atoms with E-state index in [9.17, 15) is 5.53 Å². The molecule has 2 nitrogen and oxygen atoms in total. The molecule has 0 bridgehead atoms. The largest absolute Gasteiger partial charge is 0.361 e. The monoisotopic (exact) mass is 284 g/mol. The van der Waals surface area contributed by atoms with E-state index in [0.717, 1.165) is 9.56 Å². The fourth-order valence-corrected chi connectivity index (χ4v) is 5.66. The second-order valence-electron chi connectivity index (χ2n) is 4.81. The number of benzene rings is 2. The van der Waals surface area contributed by atoms with Crippen LogP contribution in [0.2, 0.25) is 13.1 Å². The fourth-order valence-electron chi connectivity index (χ4n) is 1.85. The van der Waals surface area contributed by atoms with Gasteiger partial charge in [-0.05, 0) is 29.1 Å². The summed E-state index contributed by atoms with van der Waals surface area (Å²) in [5.74, 6) is 0. The molecular formula is C15H16N2SSi. The van der Waals surface area contributed by atoms with Crippen molar-refractivity contribution in [2.75, 3.05) is 0 Å². The van der Waals surface area contributed by atoms with Gasteiger partial charge >= 0.3 is 0 Å². The zero-order chi connectivity index (χ0) is 13.7. The second-order valence-corrected chi connectivity index (χ2v) is 10.5. The van der Waals surface area contributed by atoms with Gasteiger partial charge in [-0.15, -0.1) is 0 Å². The Morgan fingerprint density at radius 3 is 2.00 bits per heavy atom. The molecule has 96 valence electrons. The van der Waals surface area contributed by atoms with Crippen LogP contribution in [0.4, 0.5) is 0 Å². The molecule has 0 unspecified atom stereocenters. The van der Waals surface area contributed by atoms with Gasteiger partial charge in [0.1, 0.15) is 0 Å². The number of hydrogen-bond donors (Lipinski definition) is 0. The normalized spacial score (nSPS) is 10.8. The first-order valence-corrected chi connectivity index (χ1v) is 9.97. The lowest BCUT2D eigenvalue weighted by molar-refractivity contribution is 0.00398. The molecule has 0 spiro atoms. The predicted molar refractivity (Wildman–Crippen MR) is 84.5 cm³/mol. The van der Waals surface area contributed by atoms with Gasteiger partial charge in [0, 0.05) is 4.90 Å². The quantitative estimate of drug-likeness (QED) is 0.212. The summed E-state index contributed by atoms with van der Waals surface area (Å²) < 4.78 is 0.824. The zero-order valence-electron chi connectivity index (χ0n) is 11.1. The number of thioether (sulfide) groups is 1. The Balaban J connectivity index is 2.30. The smallest absolute Gasteiger partial charge is 0.300 e. The third-order valence-corrected chi connectivity index (χ3v) is 8.64. The van der Waals surface area contributed by atoms with Gasteiger partial charge in [0.05, 0.1) is 0 Å². The van der Waals surface area contributed by atoms with Crippen LogP contribution >= 0.6 is 11.8 Å². The molecule has 0 aromatic heterocycles. The van der Waals surface area contributed by atoms with E-state index in [2.05, 4.69) is 30.0 Å². The van der Waals surface area contributed by atoms with Crippen molar-refractivity contribution in [3.8, 4) is 0 Å². The Morgan fingerprint density at radius 2 is 1.47 bits per heavy atom. The Labute approximate surface area is 119 Å². The highest BCUT2D eigenvalue weighted by Gasteiger charge is 2.38. The lowest BCUT2D eigenvalue weighted by atomic mass is 10.4. The molecule has 0 aliphatic carbocycles. The second kappa shape index (κ2) is 6.02. The molecule has 2 aromatic carbocycles. The average Bonchev–Trinajstić information content (AvgIpc) is 2.46. The molecular weight excluding hydrogens is 268 g/mol. The molecule has 4 heteroatoms. The van der Waals surface area contributed by atoms with Crippen LogP contribution in [0.5, 0.6) is 0 Å². The molecule has 0 aliphatic heterocycles. The van der Waals surface area contributed by atoms with Gasteiger partial charge in [-0.3, -0.25) is 0 Å². The summed E-state index contributed by atoms with van der Waals surface area (Å²) in [5.41, 5.74) is 9.39. The topological polar surface area (TPSA) is 36.4 Å². The van der Waals surface area contributed by atoms with Crippen LogP contribution in [0.1, 0.15) is 0 Å². The van der Waals surface area contributed by atoms with E-state index in [-0.39, 0.29) is 0 Å². The van der Waals surface area contributed by atoms with Crippen LogP contribution in [0.3, 0.4) is 0 Å². The van der Waals surface area contributed by atoms with Crippen molar-refractivity contribution in [3.05, 3.63) is 66.2 Å². The molecule has 2 aromatic rings. The van der Waals surface area contributed by atoms with E-state index in [0.29, 0.717) is 0 Å². The van der Waals surface area contributed by atoms with Gasteiger partial charge in [0.15, 0.2) is 0 Å². The van der Waals surface area contributed by atoms with Crippen molar-refractivity contribution < 1.29 is 4.79 Å². The van der Waals surface area contributed by atoms with Gasteiger partial charge in [0.25, 0.3) is 4.67 Å². The Kier molecular flexibility index (Phi) is 4.38. The summed E-state index contributed by atoms with van der Waals surface area (Å²) in [4.78, 5) is 4.68. The van der Waals surface area contributed by atoms with Crippen LogP contribution in [-0.2, 0) is 0 Å². The lowest BCUT2D eigenvalue weighted by Crippen LogP contribution is -2.48. The predicted octanol–water partition coefficient (Wildman–Crippen LogP) is 3.56. The molecule has 0 saturated carbocycles. The highest BCUT2D eigenvalue weighted by molar-refractivity contribution is 8.18. The Hall–Kier alpha value is -1.61. The summed E-state index contributed by atoms with van der Waals surface area (Å²) in [5, 5.41) is 1.27. The van der Waals surface area contributed by atoms with Crippen LogP contribution in [0, 0.1) is 0 Å². The maximum absolute atomic E-state index is 9.39. The molecule has 2 rings (SSSR count). The Bertz CT molecular complexity index is 590. The van der Waals surface area contributed by atoms with E-state index in [1.54, 1.807) is 11.8 Å². The lowest BCUT2D eigenvalue weighted by Gasteiger charge is -2.16. The minimum Gasteiger partial charge on any atom is -0.361 e. The minimum atomic E-state index is -1.93. The highest BCUT2D eigenvalue weighted by atomic mass is 32.2. The molecule has 0 amide bonds. The number of rotatable bonds is 3. The molecule has 19 heavy (non-hydrogen) atoms. The molecule has 0 aliphatic rings. The van der Waals surface area contributed by atoms with Gasteiger partial charge in [-0.25, -0.2) is 0 Å². The summed E-state index contributed by atoms with van der Waals surface area (Å²) in [6, 6.07) is 20.3. The van der Waals surface area contributed by atoms with E-state index in [1.807, 2.05) is 48.5 Å². The van der Waals surface area contributed by atoms with Crippen molar-refractivity contribution >= 4 is 29.7 Å². The van der Waals surface area contributed by atoms with Gasteiger partial charge in [0.2, 0.25) is 8.07 Å². The standard InChI is InChI=1S/C15H16N2SSi/c1-19(2,14-11-7-4-8-12-14)15(17-16)18-13-9-5-3-6-10-13/h3-12H,1-2H3. The van der Waals surface area contributed by atoms with Crippen LogP contribution < -0.4 is 5.19 Å². The molecule has 0 saturated heterocycles. The van der Waals surface area contributed by atoms with E-state index < -0.39 is 8.07 Å². The van der Waals surface area contributed by atoms with E-state index in [1.165, 1.54) is 5.19 Å². The SMILES string of the molecule is C[Si](C)(C(=[N+]=[N-])Sc1ccccc1)c1ccccc1. The first-order chi connectivity index (χ1) is 9.14. The van der Waals surface area contributed by atoms with E-state index in [4.69, 9.17) is 0 Å². The third kappa shape index (κ3) is 3.23. The van der Waals surface area contributed by atoms with Crippen molar-refractivity contribution in [1.82, 2.24) is 0 Å². The summed E-state index contributed by atoms with van der Waals surface area (Å²) >= 11 is 1.55. The molecule has 0 fully saturated rings. The maximum atomic E-state index is 9.39. The summed E-state index contributed by atoms with van der Waals surface area (Å²) in [7, 11) is -1.93. The van der Waals surface area contributed by atoms with Gasteiger partial charge < -0.3 is 5.53 Å². The average molecular weight is 284 g/mol.